The van der Waals surface area contributed by atoms with Gasteiger partial charge in [-0.05, 0) is 45.9 Å². The molecule has 6 rings (SSSR count). The van der Waals surface area contributed by atoms with Gasteiger partial charge in [-0.25, -0.2) is 0 Å². The number of benzene rings is 6. The highest BCUT2D eigenvalue weighted by atomic mass is 79.9. The maximum absolute atomic E-state index is 9.58. The number of hydrogen-bond acceptors (Lipinski definition) is 4. The van der Waals surface area contributed by atoms with Gasteiger partial charge in [-0.3, -0.25) is 0 Å². The Kier molecular flexibility index (Phi) is 11.0. The molecule has 0 saturated heterocycles. The van der Waals surface area contributed by atoms with Crippen LogP contribution >= 0.6 is 15.9 Å². The standard InChI is InChI=1S/C19H17BO3.C19H15BrO/c21-20(22)18-12-6-4-10-16(18)17-11-5-7-13-19(17)23-14-15-8-2-1-3-9-15;20-18-12-6-4-10-16(18)17-11-5-7-13-19(17)21-14-15-8-2-1-3-9-15/h1-13,21-22H,14H2;1-13H,14H2. The number of halogens is 1. The smallest absolute Gasteiger partial charge is 0.488 e. The highest BCUT2D eigenvalue weighted by Crippen LogP contribution is 2.35. The van der Waals surface area contributed by atoms with Crippen LogP contribution in [-0.2, 0) is 13.2 Å². The van der Waals surface area contributed by atoms with E-state index >= 15 is 0 Å². The highest BCUT2D eigenvalue weighted by Gasteiger charge is 2.18. The van der Waals surface area contributed by atoms with Crippen LogP contribution < -0.4 is 14.9 Å². The maximum Gasteiger partial charge on any atom is 0.489 e. The summed E-state index contributed by atoms with van der Waals surface area (Å²) in [6.45, 7) is 1.03. The van der Waals surface area contributed by atoms with Crippen molar-refractivity contribution < 1.29 is 19.5 Å². The molecule has 4 nitrogen and oxygen atoms in total. The van der Waals surface area contributed by atoms with Crippen LogP contribution in [0.2, 0.25) is 0 Å². The Labute approximate surface area is 267 Å². The van der Waals surface area contributed by atoms with Gasteiger partial charge in [0.1, 0.15) is 24.7 Å². The fourth-order valence-corrected chi connectivity index (χ4v) is 5.25. The van der Waals surface area contributed by atoms with Crippen LogP contribution in [0.5, 0.6) is 11.5 Å². The predicted octanol–water partition coefficient (Wildman–Crippen LogP) is 8.31. The quantitative estimate of drug-likeness (QED) is 0.156. The van der Waals surface area contributed by atoms with Crippen molar-refractivity contribution in [2.24, 2.45) is 0 Å². The van der Waals surface area contributed by atoms with Gasteiger partial charge in [-0.15, -0.1) is 0 Å². The van der Waals surface area contributed by atoms with Gasteiger partial charge in [0.15, 0.2) is 0 Å². The van der Waals surface area contributed by atoms with Crippen molar-refractivity contribution in [2.75, 3.05) is 0 Å². The minimum Gasteiger partial charge on any atom is -0.488 e. The topological polar surface area (TPSA) is 58.9 Å². The Balaban J connectivity index is 0.000000175. The molecule has 0 aliphatic carbocycles. The number of rotatable bonds is 9. The van der Waals surface area contributed by atoms with E-state index in [-0.39, 0.29) is 0 Å². The predicted molar refractivity (Wildman–Crippen MR) is 183 cm³/mol. The van der Waals surface area contributed by atoms with E-state index in [0.717, 1.165) is 38.0 Å². The van der Waals surface area contributed by atoms with Crippen molar-refractivity contribution >= 4 is 28.5 Å². The van der Waals surface area contributed by atoms with E-state index in [4.69, 9.17) is 9.47 Å². The summed E-state index contributed by atoms with van der Waals surface area (Å²) in [6, 6.07) is 51.3. The first-order valence-electron chi connectivity index (χ1n) is 14.3. The summed E-state index contributed by atoms with van der Waals surface area (Å²) < 4.78 is 13.0. The van der Waals surface area contributed by atoms with E-state index in [9.17, 15) is 10.0 Å². The molecular weight excluding hydrogens is 611 g/mol. The molecule has 0 unspecified atom stereocenters. The lowest BCUT2D eigenvalue weighted by Gasteiger charge is -2.14. The van der Waals surface area contributed by atoms with E-state index in [1.165, 1.54) is 5.56 Å². The lowest BCUT2D eigenvalue weighted by molar-refractivity contribution is 0.307. The molecular formula is C38H32BBrO4. The zero-order valence-electron chi connectivity index (χ0n) is 24.1. The van der Waals surface area contributed by atoms with Crippen LogP contribution in [0.25, 0.3) is 22.3 Å². The lowest BCUT2D eigenvalue weighted by Crippen LogP contribution is -2.31. The Bertz CT molecular complexity index is 1760. The van der Waals surface area contributed by atoms with E-state index in [1.807, 2.05) is 121 Å². The van der Waals surface area contributed by atoms with Crippen LogP contribution in [0.4, 0.5) is 0 Å². The third kappa shape index (κ3) is 8.26. The molecule has 6 heteroatoms. The van der Waals surface area contributed by atoms with Crippen LogP contribution in [0, 0.1) is 0 Å². The van der Waals surface area contributed by atoms with Crippen molar-refractivity contribution in [3.8, 4) is 33.8 Å². The summed E-state index contributed by atoms with van der Waals surface area (Å²) in [6.07, 6.45) is 0. The molecule has 0 fully saturated rings. The van der Waals surface area contributed by atoms with Crippen LogP contribution in [0.1, 0.15) is 11.1 Å². The summed E-state index contributed by atoms with van der Waals surface area (Å²) in [7, 11) is -1.52. The molecule has 0 bridgehead atoms. The second-order valence-electron chi connectivity index (χ2n) is 9.98. The fraction of sp³-hybridized carbons (Fsp3) is 0.0526. The van der Waals surface area contributed by atoms with Crippen LogP contribution in [-0.4, -0.2) is 17.2 Å². The van der Waals surface area contributed by atoms with Crippen molar-refractivity contribution in [1.82, 2.24) is 0 Å². The first-order valence-corrected chi connectivity index (χ1v) is 15.1. The SMILES string of the molecule is Brc1ccccc1-c1ccccc1OCc1ccccc1.OB(O)c1ccccc1-c1ccccc1OCc1ccccc1. The molecule has 0 aliphatic rings. The fourth-order valence-electron chi connectivity index (χ4n) is 4.75. The molecule has 6 aromatic rings. The molecule has 0 atom stereocenters. The molecule has 218 valence electrons. The maximum atomic E-state index is 9.58. The minimum atomic E-state index is -1.52. The van der Waals surface area contributed by atoms with Crippen molar-refractivity contribution in [1.29, 1.82) is 0 Å². The van der Waals surface area contributed by atoms with E-state index in [2.05, 4.69) is 40.2 Å². The molecule has 0 saturated carbocycles. The number of ether oxygens (including phenoxy) is 2. The number of para-hydroxylation sites is 2. The van der Waals surface area contributed by atoms with Crippen LogP contribution in [0.15, 0.2) is 162 Å². The van der Waals surface area contributed by atoms with Gasteiger partial charge < -0.3 is 19.5 Å². The molecule has 0 spiro atoms. The first-order chi connectivity index (χ1) is 21.6. The molecule has 0 amide bonds. The average Bonchev–Trinajstić information content (AvgIpc) is 3.08. The normalized spacial score (nSPS) is 10.3. The van der Waals surface area contributed by atoms with E-state index < -0.39 is 7.12 Å². The molecule has 2 N–H and O–H groups in total. The largest absolute Gasteiger partial charge is 0.489 e. The zero-order chi connectivity index (χ0) is 30.6. The third-order valence-corrected chi connectivity index (χ3v) is 7.63. The van der Waals surface area contributed by atoms with Crippen molar-refractivity contribution in [2.45, 2.75) is 13.2 Å². The molecule has 6 aromatic carbocycles. The van der Waals surface area contributed by atoms with E-state index in [0.29, 0.717) is 24.4 Å². The van der Waals surface area contributed by atoms with Gasteiger partial charge in [-0.1, -0.05) is 155 Å². The second kappa shape index (κ2) is 15.7. The van der Waals surface area contributed by atoms with Crippen LogP contribution in [0.3, 0.4) is 0 Å². The van der Waals surface area contributed by atoms with Crippen molar-refractivity contribution in [3.63, 3.8) is 0 Å². The van der Waals surface area contributed by atoms with Gasteiger partial charge >= 0.3 is 7.12 Å². The first kappa shape index (κ1) is 30.8. The second-order valence-corrected chi connectivity index (χ2v) is 10.8. The highest BCUT2D eigenvalue weighted by molar-refractivity contribution is 9.10. The molecule has 44 heavy (non-hydrogen) atoms. The number of hydrogen-bond donors (Lipinski definition) is 2. The molecule has 0 heterocycles. The Morgan fingerprint density at radius 3 is 1.32 bits per heavy atom. The summed E-state index contributed by atoms with van der Waals surface area (Å²) in [5, 5.41) is 19.2. The van der Waals surface area contributed by atoms with Gasteiger partial charge in [0.25, 0.3) is 0 Å². The average molecular weight is 643 g/mol. The lowest BCUT2D eigenvalue weighted by atomic mass is 9.75. The Morgan fingerprint density at radius 1 is 0.432 bits per heavy atom. The Hall–Kier alpha value is -4.62. The monoisotopic (exact) mass is 642 g/mol. The summed E-state index contributed by atoms with van der Waals surface area (Å²) in [4.78, 5) is 0. The molecule has 0 aliphatic heterocycles. The van der Waals surface area contributed by atoms with E-state index in [1.54, 1.807) is 12.1 Å². The zero-order valence-corrected chi connectivity index (χ0v) is 25.7. The molecule has 0 aromatic heterocycles. The summed E-state index contributed by atoms with van der Waals surface area (Å²) in [5.41, 5.74) is 6.54. The Morgan fingerprint density at radius 2 is 0.818 bits per heavy atom. The van der Waals surface area contributed by atoms with Crippen molar-refractivity contribution in [3.05, 3.63) is 173 Å². The summed E-state index contributed by atoms with van der Waals surface area (Å²) in [5.74, 6) is 1.61. The van der Waals surface area contributed by atoms with Gasteiger partial charge in [-0.2, -0.15) is 0 Å². The van der Waals surface area contributed by atoms with Gasteiger partial charge in [0, 0.05) is 15.6 Å². The van der Waals surface area contributed by atoms with Gasteiger partial charge in [0.05, 0.1) is 0 Å². The van der Waals surface area contributed by atoms with Gasteiger partial charge in [0.2, 0.25) is 0 Å². The third-order valence-electron chi connectivity index (χ3n) is 6.94. The molecule has 0 radical (unpaired) electrons. The summed E-state index contributed by atoms with van der Waals surface area (Å²) >= 11 is 3.61. The minimum absolute atomic E-state index is 0.460.